The zero-order valence-corrected chi connectivity index (χ0v) is 13.6. The number of aliphatic hydroxyl groups is 1. The summed E-state index contributed by atoms with van der Waals surface area (Å²) in [6.45, 7) is 5.38. The maximum Gasteiger partial charge on any atom is 0.190 e. The maximum absolute atomic E-state index is 10.5. The van der Waals surface area contributed by atoms with E-state index in [0.717, 1.165) is 19.4 Å². The van der Waals surface area contributed by atoms with E-state index in [1.54, 1.807) is 6.20 Å². The minimum absolute atomic E-state index is 0.279. The van der Waals surface area contributed by atoms with E-state index in [1.807, 2.05) is 26.1 Å². The summed E-state index contributed by atoms with van der Waals surface area (Å²) in [6.07, 6.45) is 4.19. The Morgan fingerprint density at radius 1 is 1.39 bits per heavy atom. The Labute approximate surface area is 136 Å². The average molecular weight is 320 g/mol. The lowest BCUT2D eigenvalue weighted by atomic mass is 10.1. The molecule has 3 fully saturated rings. The molecule has 0 amide bonds. The molecule has 5 atom stereocenters. The van der Waals surface area contributed by atoms with Crippen LogP contribution in [-0.4, -0.2) is 58.5 Å². The van der Waals surface area contributed by atoms with E-state index in [-0.39, 0.29) is 6.10 Å². The second kappa shape index (κ2) is 5.79. The van der Waals surface area contributed by atoms with Crippen LogP contribution in [0.15, 0.2) is 24.5 Å². The van der Waals surface area contributed by atoms with Crippen LogP contribution in [0.3, 0.4) is 0 Å². The number of aromatic nitrogens is 1. The molecule has 0 aliphatic carbocycles. The van der Waals surface area contributed by atoms with Gasteiger partial charge in [0.25, 0.3) is 0 Å². The van der Waals surface area contributed by atoms with Gasteiger partial charge in [-0.3, -0.25) is 9.88 Å². The van der Waals surface area contributed by atoms with Gasteiger partial charge in [-0.2, -0.15) is 0 Å². The van der Waals surface area contributed by atoms with Gasteiger partial charge in [0.05, 0.1) is 0 Å². The van der Waals surface area contributed by atoms with Crippen LogP contribution < -0.4 is 0 Å². The molecule has 0 saturated carbocycles. The second-order valence-corrected chi connectivity index (χ2v) is 7.07. The third kappa shape index (κ3) is 2.90. The van der Waals surface area contributed by atoms with Crippen molar-refractivity contribution in [2.24, 2.45) is 0 Å². The molecule has 4 heterocycles. The Kier molecular flexibility index (Phi) is 3.90. The number of fused-ring (bicyclic) bond motifs is 1. The molecule has 0 bridgehead atoms. The molecule has 1 aromatic rings. The Hall–Kier alpha value is -1.05. The number of pyridine rings is 1. The van der Waals surface area contributed by atoms with Gasteiger partial charge in [-0.1, -0.05) is 6.07 Å². The lowest BCUT2D eigenvalue weighted by Gasteiger charge is -2.29. The van der Waals surface area contributed by atoms with Crippen LogP contribution in [0.2, 0.25) is 0 Å². The molecule has 0 aromatic carbocycles. The third-order valence-corrected chi connectivity index (χ3v) is 4.96. The van der Waals surface area contributed by atoms with E-state index in [4.69, 9.17) is 14.2 Å². The minimum Gasteiger partial charge on any atom is -0.387 e. The first-order chi connectivity index (χ1) is 11.0. The Morgan fingerprint density at radius 2 is 2.26 bits per heavy atom. The third-order valence-electron chi connectivity index (χ3n) is 4.96. The topological polar surface area (TPSA) is 64.1 Å². The van der Waals surface area contributed by atoms with Crippen LogP contribution in [0, 0.1) is 0 Å². The van der Waals surface area contributed by atoms with Crippen molar-refractivity contribution in [3.05, 3.63) is 30.1 Å². The van der Waals surface area contributed by atoms with Crippen molar-refractivity contribution in [3.63, 3.8) is 0 Å². The van der Waals surface area contributed by atoms with Crippen LogP contribution in [0.25, 0.3) is 0 Å². The molecule has 6 nitrogen and oxygen atoms in total. The molecule has 1 aromatic heterocycles. The van der Waals surface area contributed by atoms with Crippen LogP contribution in [0.4, 0.5) is 0 Å². The molecule has 1 N–H and O–H groups in total. The number of nitrogens with zero attached hydrogens (tertiary/aromatic N) is 2. The fraction of sp³-hybridized carbons (Fsp3) is 0.706. The number of hydrogen-bond acceptors (Lipinski definition) is 6. The van der Waals surface area contributed by atoms with Gasteiger partial charge in [0, 0.05) is 25.0 Å². The first-order valence-corrected chi connectivity index (χ1v) is 8.37. The molecular weight excluding hydrogens is 296 g/mol. The van der Waals surface area contributed by atoms with Crippen molar-refractivity contribution in [2.45, 2.75) is 63.1 Å². The number of hydrogen-bond donors (Lipinski definition) is 1. The first kappa shape index (κ1) is 15.5. The fourth-order valence-electron chi connectivity index (χ4n) is 3.94. The molecule has 6 heteroatoms. The lowest BCUT2D eigenvalue weighted by molar-refractivity contribution is -0.216. The largest absolute Gasteiger partial charge is 0.387 e. The normalized spacial score (nSPS) is 39.7. The standard InChI is InChI=1S/C17H24N2O4/c1-17(2)22-15-14(20)13(21-16(15)23-17)10-19-8-4-6-12(19)11-5-3-7-18-9-11/h3,5,7,9,12-16,20H,4,6,8,10H2,1-2H3/t12-,13+,14-,15+,16+/m0/s1. The maximum atomic E-state index is 10.5. The van der Waals surface area contributed by atoms with Gasteiger partial charge in [-0.25, -0.2) is 0 Å². The lowest BCUT2D eigenvalue weighted by Crippen LogP contribution is -2.41. The van der Waals surface area contributed by atoms with Gasteiger partial charge < -0.3 is 19.3 Å². The van der Waals surface area contributed by atoms with Crippen molar-refractivity contribution in [2.75, 3.05) is 13.1 Å². The molecule has 4 rings (SSSR count). The summed E-state index contributed by atoms with van der Waals surface area (Å²) < 4.78 is 17.4. The quantitative estimate of drug-likeness (QED) is 0.909. The molecule has 126 valence electrons. The Bertz CT molecular complexity index is 553. The zero-order valence-electron chi connectivity index (χ0n) is 13.6. The van der Waals surface area contributed by atoms with E-state index in [9.17, 15) is 5.11 Å². The first-order valence-electron chi connectivity index (χ1n) is 8.37. The number of rotatable bonds is 3. The average Bonchev–Trinajstić information content (AvgIpc) is 3.17. The highest BCUT2D eigenvalue weighted by atomic mass is 16.8. The van der Waals surface area contributed by atoms with Crippen LogP contribution in [0.1, 0.15) is 38.3 Å². The predicted octanol–water partition coefficient (Wildman–Crippen LogP) is 1.46. The SMILES string of the molecule is CC1(C)O[C@H]2O[C@H](CN3CCC[C@H]3c3cccnc3)[C@H](O)[C@H]2O1. The van der Waals surface area contributed by atoms with Crippen molar-refractivity contribution in [1.29, 1.82) is 0 Å². The highest BCUT2D eigenvalue weighted by Gasteiger charge is 2.54. The van der Waals surface area contributed by atoms with Crippen molar-refractivity contribution in [3.8, 4) is 0 Å². The zero-order chi connectivity index (χ0) is 16.0. The van der Waals surface area contributed by atoms with E-state index in [1.165, 1.54) is 5.56 Å². The molecule has 0 unspecified atom stereocenters. The number of aliphatic hydroxyl groups excluding tert-OH is 1. The van der Waals surface area contributed by atoms with Gasteiger partial charge in [-0.05, 0) is 44.9 Å². The summed E-state index contributed by atoms with van der Waals surface area (Å²) in [6, 6.07) is 4.44. The van der Waals surface area contributed by atoms with Crippen molar-refractivity contribution in [1.82, 2.24) is 9.88 Å². The second-order valence-electron chi connectivity index (χ2n) is 7.07. The monoisotopic (exact) mass is 320 g/mol. The molecule has 23 heavy (non-hydrogen) atoms. The van der Waals surface area contributed by atoms with E-state index in [0.29, 0.717) is 12.6 Å². The molecule has 3 aliphatic heterocycles. The smallest absolute Gasteiger partial charge is 0.190 e. The van der Waals surface area contributed by atoms with Crippen LogP contribution in [-0.2, 0) is 14.2 Å². The fourth-order valence-corrected chi connectivity index (χ4v) is 3.94. The number of likely N-dealkylation sites (tertiary alicyclic amines) is 1. The summed E-state index contributed by atoms with van der Waals surface area (Å²) in [5.74, 6) is -0.687. The molecule has 3 saturated heterocycles. The van der Waals surface area contributed by atoms with Gasteiger partial charge in [0.2, 0.25) is 0 Å². The van der Waals surface area contributed by atoms with Gasteiger partial charge in [0.15, 0.2) is 12.1 Å². The molecule has 0 radical (unpaired) electrons. The summed E-state index contributed by atoms with van der Waals surface area (Å²) in [7, 11) is 0. The number of ether oxygens (including phenoxy) is 3. The molecular formula is C17H24N2O4. The van der Waals surface area contributed by atoms with Gasteiger partial charge in [0.1, 0.15) is 18.3 Å². The summed E-state index contributed by atoms with van der Waals surface area (Å²) in [4.78, 5) is 6.60. The Balaban J connectivity index is 1.43. The van der Waals surface area contributed by atoms with Gasteiger partial charge in [-0.15, -0.1) is 0 Å². The Morgan fingerprint density at radius 3 is 3.00 bits per heavy atom. The highest BCUT2D eigenvalue weighted by Crippen LogP contribution is 2.39. The summed E-state index contributed by atoms with van der Waals surface area (Å²) in [5, 5.41) is 10.5. The van der Waals surface area contributed by atoms with E-state index in [2.05, 4.69) is 16.0 Å². The predicted molar refractivity (Wildman–Crippen MR) is 82.5 cm³/mol. The van der Waals surface area contributed by atoms with Crippen molar-refractivity contribution < 1.29 is 19.3 Å². The van der Waals surface area contributed by atoms with Gasteiger partial charge >= 0.3 is 0 Å². The summed E-state index contributed by atoms with van der Waals surface area (Å²) in [5.41, 5.74) is 1.23. The minimum atomic E-state index is -0.687. The highest BCUT2D eigenvalue weighted by molar-refractivity contribution is 5.15. The van der Waals surface area contributed by atoms with E-state index >= 15 is 0 Å². The molecule has 0 spiro atoms. The van der Waals surface area contributed by atoms with E-state index < -0.39 is 24.3 Å². The van der Waals surface area contributed by atoms with Crippen LogP contribution >= 0.6 is 0 Å². The van der Waals surface area contributed by atoms with Crippen molar-refractivity contribution >= 4 is 0 Å². The molecule has 3 aliphatic rings. The summed E-state index contributed by atoms with van der Waals surface area (Å²) >= 11 is 0. The van der Waals surface area contributed by atoms with Crippen LogP contribution in [0.5, 0.6) is 0 Å².